The van der Waals surface area contributed by atoms with E-state index >= 15 is 0 Å². The number of carbonyl (C=O) groups excluding carboxylic acids is 1. The third-order valence-electron chi connectivity index (χ3n) is 4.62. The number of anilines is 1. The molecule has 0 spiro atoms. The van der Waals surface area contributed by atoms with Crippen molar-refractivity contribution in [1.82, 2.24) is 4.57 Å². The molecule has 0 aliphatic heterocycles. The number of phenols is 1. The van der Waals surface area contributed by atoms with Gasteiger partial charge in [0.05, 0.1) is 12.8 Å². The first-order chi connectivity index (χ1) is 13.9. The van der Waals surface area contributed by atoms with Gasteiger partial charge < -0.3 is 19.7 Å². The second kappa shape index (κ2) is 8.36. The summed E-state index contributed by atoms with van der Waals surface area (Å²) in [6.45, 7) is 3.89. The molecule has 3 aromatic rings. The van der Waals surface area contributed by atoms with Gasteiger partial charge in [-0.15, -0.1) is 0 Å². The van der Waals surface area contributed by atoms with Gasteiger partial charge in [0, 0.05) is 17.1 Å². The second-order valence-electron chi connectivity index (χ2n) is 6.50. The highest BCUT2D eigenvalue weighted by Crippen LogP contribution is 2.25. The van der Waals surface area contributed by atoms with Gasteiger partial charge in [0.2, 0.25) is 0 Å². The minimum absolute atomic E-state index is 0.0526. The molecule has 0 unspecified atom stereocenters. The van der Waals surface area contributed by atoms with Crippen LogP contribution < -0.4 is 10.1 Å². The van der Waals surface area contributed by atoms with Crippen LogP contribution in [-0.4, -0.2) is 22.7 Å². The number of para-hydroxylation sites is 2. The maximum Gasteiger partial charge on any atom is 0.266 e. The van der Waals surface area contributed by atoms with Crippen LogP contribution >= 0.6 is 0 Å². The Bertz CT molecular complexity index is 1120. The van der Waals surface area contributed by atoms with Gasteiger partial charge in [-0.2, -0.15) is 5.26 Å². The van der Waals surface area contributed by atoms with Crippen molar-refractivity contribution >= 4 is 17.7 Å². The first-order valence-corrected chi connectivity index (χ1v) is 8.99. The molecule has 0 aliphatic carbocycles. The van der Waals surface area contributed by atoms with E-state index in [9.17, 15) is 15.2 Å². The summed E-state index contributed by atoms with van der Waals surface area (Å²) in [5.74, 6) is 0.128. The van der Waals surface area contributed by atoms with Crippen molar-refractivity contribution in [2.24, 2.45) is 0 Å². The number of nitriles is 1. The first kappa shape index (κ1) is 19.8. The standard InChI is InChI=1S/C23H21N3O3/c1-15-12-17(16(2)26(15)19-8-10-20(29-3)11-9-19)13-18(14-24)23(28)25-21-6-4-5-7-22(21)27/h4-13,27H,1-3H3,(H,25,28)/b18-13-. The first-order valence-electron chi connectivity index (χ1n) is 8.99. The van der Waals surface area contributed by atoms with Crippen molar-refractivity contribution in [1.29, 1.82) is 5.26 Å². The fraction of sp³-hybridized carbons (Fsp3) is 0.130. The number of hydrogen-bond acceptors (Lipinski definition) is 4. The summed E-state index contributed by atoms with van der Waals surface area (Å²) in [5, 5.41) is 21.9. The van der Waals surface area contributed by atoms with Crippen molar-refractivity contribution in [3.63, 3.8) is 0 Å². The lowest BCUT2D eigenvalue weighted by atomic mass is 10.1. The number of ether oxygens (including phenoxy) is 1. The summed E-state index contributed by atoms with van der Waals surface area (Å²) in [7, 11) is 1.62. The Balaban J connectivity index is 1.93. The Morgan fingerprint density at radius 1 is 1.17 bits per heavy atom. The van der Waals surface area contributed by atoms with Crippen LogP contribution in [-0.2, 0) is 4.79 Å². The van der Waals surface area contributed by atoms with Crippen LogP contribution in [0, 0.1) is 25.2 Å². The molecule has 0 fully saturated rings. The summed E-state index contributed by atoms with van der Waals surface area (Å²) in [4.78, 5) is 12.5. The average molecular weight is 387 g/mol. The van der Waals surface area contributed by atoms with Crippen LogP contribution in [0.15, 0.2) is 60.2 Å². The molecule has 0 aliphatic rings. The molecule has 3 rings (SSSR count). The predicted molar refractivity (Wildman–Crippen MR) is 112 cm³/mol. The van der Waals surface area contributed by atoms with E-state index in [1.165, 1.54) is 6.07 Å². The zero-order valence-electron chi connectivity index (χ0n) is 16.4. The van der Waals surface area contributed by atoms with Crippen LogP contribution in [0.4, 0.5) is 5.69 Å². The van der Waals surface area contributed by atoms with Crippen LogP contribution in [0.3, 0.4) is 0 Å². The predicted octanol–water partition coefficient (Wildman–Crippen LogP) is 4.35. The molecular formula is C23H21N3O3. The highest BCUT2D eigenvalue weighted by atomic mass is 16.5. The number of nitrogens with one attached hydrogen (secondary N) is 1. The third kappa shape index (κ3) is 4.14. The number of rotatable bonds is 5. The lowest BCUT2D eigenvalue weighted by molar-refractivity contribution is -0.112. The van der Waals surface area contributed by atoms with E-state index in [0.29, 0.717) is 0 Å². The minimum atomic E-state index is -0.580. The van der Waals surface area contributed by atoms with E-state index in [-0.39, 0.29) is 17.0 Å². The molecule has 1 heterocycles. The minimum Gasteiger partial charge on any atom is -0.506 e. The maximum atomic E-state index is 12.5. The van der Waals surface area contributed by atoms with Crippen molar-refractivity contribution < 1.29 is 14.6 Å². The molecule has 1 aromatic heterocycles. The molecule has 29 heavy (non-hydrogen) atoms. The van der Waals surface area contributed by atoms with Crippen LogP contribution in [0.1, 0.15) is 17.0 Å². The molecule has 146 valence electrons. The van der Waals surface area contributed by atoms with E-state index in [4.69, 9.17) is 4.74 Å². The molecule has 6 heteroatoms. The van der Waals surface area contributed by atoms with E-state index < -0.39 is 5.91 Å². The van der Waals surface area contributed by atoms with Gasteiger partial charge in [-0.1, -0.05) is 12.1 Å². The largest absolute Gasteiger partial charge is 0.506 e. The normalized spacial score (nSPS) is 11.0. The zero-order valence-corrected chi connectivity index (χ0v) is 16.4. The van der Waals surface area contributed by atoms with E-state index in [0.717, 1.165) is 28.4 Å². The fourth-order valence-electron chi connectivity index (χ4n) is 3.14. The summed E-state index contributed by atoms with van der Waals surface area (Å²) < 4.78 is 7.25. The van der Waals surface area contributed by atoms with Gasteiger partial charge in [-0.05, 0) is 68.0 Å². The quantitative estimate of drug-likeness (QED) is 0.387. The number of hydrogen-bond donors (Lipinski definition) is 2. The van der Waals surface area contributed by atoms with Crippen molar-refractivity contribution in [2.45, 2.75) is 13.8 Å². The van der Waals surface area contributed by atoms with Crippen molar-refractivity contribution in [2.75, 3.05) is 12.4 Å². The van der Waals surface area contributed by atoms with Gasteiger partial charge in [0.25, 0.3) is 5.91 Å². The molecule has 2 aromatic carbocycles. The Hall–Kier alpha value is -3.98. The van der Waals surface area contributed by atoms with Crippen LogP contribution in [0.2, 0.25) is 0 Å². The number of amides is 1. The second-order valence-corrected chi connectivity index (χ2v) is 6.50. The highest BCUT2D eigenvalue weighted by molar-refractivity contribution is 6.10. The Kier molecular flexibility index (Phi) is 5.70. The van der Waals surface area contributed by atoms with Gasteiger partial charge in [0.15, 0.2) is 0 Å². The Morgan fingerprint density at radius 2 is 1.86 bits per heavy atom. The number of benzene rings is 2. The number of nitrogens with zero attached hydrogens (tertiary/aromatic N) is 2. The Morgan fingerprint density at radius 3 is 2.48 bits per heavy atom. The highest BCUT2D eigenvalue weighted by Gasteiger charge is 2.15. The van der Waals surface area contributed by atoms with Crippen LogP contribution in [0.25, 0.3) is 11.8 Å². The number of methoxy groups -OCH3 is 1. The van der Waals surface area contributed by atoms with E-state index in [1.807, 2.05) is 54.8 Å². The molecule has 2 N–H and O–H groups in total. The molecule has 0 radical (unpaired) electrons. The van der Waals surface area contributed by atoms with Gasteiger partial charge in [-0.3, -0.25) is 4.79 Å². The number of carbonyl (C=O) groups is 1. The van der Waals surface area contributed by atoms with E-state index in [1.54, 1.807) is 31.4 Å². The van der Waals surface area contributed by atoms with Gasteiger partial charge in [-0.25, -0.2) is 0 Å². The molecule has 0 bridgehead atoms. The lowest BCUT2D eigenvalue weighted by Crippen LogP contribution is -2.13. The molecule has 6 nitrogen and oxygen atoms in total. The zero-order chi connectivity index (χ0) is 21.0. The fourth-order valence-corrected chi connectivity index (χ4v) is 3.14. The molecule has 1 amide bonds. The van der Waals surface area contributed by atoms with Gasteiger partial charge >= 0.3 is 0 Å². The monoisotopic (exact) mass is 387 g/mol. The number of aromatic hydroxyl groups is 1. The number of phenolic OH excluding ortho intramolecular Hbond substituents is 1. The topological polar surface area (TPSA) is 87.3 Å². The third-order valence-corrected chi connectivity index (χ3v) is 4.62. The summed E-state index contributed by atoms with van der Waals surface area (Å²) in [6.07, 6.45) is 1.55. The lowest BCUT2D eigenvalue weighted by Gasteiger charge is -2.10. The molecule has 0 saturated carbocycles. The number of aryl methyl sites for hydroxylation is 1. The number of aromatic nitrogens is 1. The summed E-state index contributed by atoms with van der Waals surface area (Å²) in [6, 6.07) is 17.9. The maximum absolute atomic E-state index is 12.5. The van der Waals surface area contributed by atoms with E-state index in [2.05, 4.69) is 5.32 Å². The van der Waals surface area contributed by atoms with Gasteiger partial charge in [0.1, 0.15) is 23.1 Å². The molecule has 0 atom stereocenters. The summed E-state index contributed by atoms with van der Waals surface area (Å²) in [5.41, 5.74) is 3.79. The van der Waals surface area contributed by atoms with Crippen molar-refractivity contribution in [3.05, 3.63) is 77.1 Å². The smallest absolute Gasteiger partial charge is 0.266 e. The molecular weight excluding hydrogens is 366 g/mol. The SMILES string of the molecule is COc1ccc(-n2c(C)cc(/C=C(/C#N)C(=O)Nc3ccccc3O)c2C)cc1. The average Bonchev–Trinajstić information content (AvgIpc) is 3.00. The van der Waals surface area contributed by atoms with Crippen molar-refractivity contribution in [3.8, 4) is 23.3 Å². The van der Waals surface area contributed by atoms with Crippen LogP contribution in [0.5, 0.6) is 11.5 Å². The summed E-state index contributed by atoms with van der Waals surface area (Å²) >= 11 is 0. The molecule has 0 saturated heterocycles. The Labute approximate surface area is 169 Å².